The van der Waals surface area contributed by atoms with Crippen LogP contribution in [0.2, 0.25) is 0 Å². The molecule has 15 heavy (non-hydrogen) atoms. The Morgan fingerprint density at radius 2 is 1.87 bits per heavy atom. The van der Waals surface area contributed by atoms with Gasteiger partial charge in [-0.05, 0) is 31.7 Å². The van der Waals surface area contributed by atoms with Crippen LogP contribution >= 0.6 is 0 Å². The van der Waals surface area contributed by atoms with E-state index >= 15 is 0 Å². The standard InChI is InChI=1S/C14H21N/c1-4-12-8-14(12,9-15)13-6-10(2)5-11(3)7-13/h5-7,12H,4,8-9,15H2,1-3H3. The van der Waals surface area contributed by atoms with Gasteiger partial charge < -0.3 is 5.73 Å². The molecule has 1 aliphatic carbocycles. The zero-order valence-corrected chi connectivity index (χ0v) is 10.0. The van der Waals surface area contributed by atoms with Crippen molar-refractivity contribution in [1.82, 2.24) is 0 Å². The second-order valence-electron chi connectivity index (χ2n) is 5.05. The number of aryl methyl sites for hydroxylation is 2. The Kier molecular flexibility index (Phi) is 2.59. The highest BCUT2D eigenvalue weighted by Crippen LogP contribution is 2.55. The number of nitrogens with two attached hydrogens (primary N) is 1. The van der Waals surface area contributed by atoms with Gasteiger partial charge in [0.2, 0.25) is 0 Å². The van der Waals surface area contributed by atoms with Gasteiger partial charge in [-0.1, -0.05) is 42.7 Å². The molecule has 2 N–H and O–H groups in total. The zero-order chi connectivity index (χ0) is 11.1. The highest BCUT2D eigenvalue weighted by molar-refractivity contribution is 5.39. The Balaban J connectivity index is 2.37. The van der Waals surface area contributed by atoms with Gasteiger partial charge in [-0.2, -0.15) is 0 Å². The summed E-state index contributed by atoms with van der Waals surface area (Å²) in [7, 11) is 0. The van der Waals surface area contributed by atoms with E-state index in [1.165, 1.54) is 29.5 Å². The van der Waals surface area contributed by atoms with Crippen LogP contribution < -0.4 is 5.73 Å². The maximum absolute atomic E-state index is 5.97. The first-order chi connectivity index (χ1) is 7.12. The summed E-state index contributed by atoms with van der Waals surface area (Å²) in [4.78, 5) is 0. The molecule has 0 bridgehead atoms. The third-order valence-electron chi connectivity index (χ3n) is 3.89. The van der Waals surface area contributed by atoms with Crippen molar-refractivity contribution in [2.75, 3.05) is 6.54 Å². The SMILES string of the molecule is CCC1CC1(CN)c1cc(C)cc(C)c1. The molecule has 1 heteroatoms. The van der Waals surface area contributed by atoms with Gasteiger partial charge in [0.1, 0.15) is 0 Å². The molecular formula is C14H21N. The monoisotopic (exact) mass is 203 g/mol. The van der Waals surface area contributed by atoms with E-state index < -0.39 is 0 Å². The molecule has 0 amide bonds. The van der Waals surface area contributed by atoms with Gasteiger partial charge in [-0.15, -0.1) is 0 Å². The number of rotatable bonds is 3. The first-order valence-corrected chi connectivity index (χ1v) is 5.91. The molecule has 1 aromatic carbocycles. The van der Waals surface area contributed by atoms with Gasteiger partial charge in [-0.25, -0.2) is 0 Å². The summed E-state index contributed by atoms with van der Waals surface area (Å²) < 4.78 is 0. The summed E-state index contributed by atoms with van der Waals surface area (Å²) in [6.45, 7) is 7.41. The summed E-state index contributed by atoms with van der Waals surface area (Å²) in [6, 6.07) is 6.86. The normalized spacial score (nSPS) is 29.2. The van der Waals surface area contributed by atoms with Crippen LogP contribution in [0.25, 0.3) is 0 Å². The van der Waals surface area contributed by atoms with E-state index in [0.717, 1.165) is 12.5 Å². The van der Waals surface area contributed by atoms with Crippen LogP contribution in [0.4, 0.5) is 0 Å². The number of hydrogen-bond donors (Lipinski definition) is 1. The highest BCUT2D eigenvalue weighted by atomic mass is 14.7. The van der Waals surface area contributed by atoms with Gasteiger partial charge in [-0.3, -0.25) is 0 Å². The molecule has 0 saturated heterocycles. The Morgan fingerprint density at radius 3 is 2.27 bits per heavy atom. The average Bonchev–Trinajstić information content (AvgIpc) is 2.91. The molecule has 82 valence electrons. The molecule has 2 atom stereocenters. The molecule has 0 aromatic heterocycles. The second-order valence-corrected chi connectivity index (χ2v) is 5.05. The average molecular weight is 203 g/mol. The first kappa shape index (κ1) is 10.7. The van der Waals surface area contributed by atoms with Crippen molar-refractivity contribution >= 4 is 0 Å². The molecule has 1 nitrogen and oxygen atoms in total. The smallest absolute Gasteiger partial charge is 0.0107 e. The Labute approximate surface area is 92.7 Å². The Bertz CT molecular complexity index is 349. The van der Waals surface area contributed by atoms with Crippen molar-refractivity contribution in [1.29, 1.82) is 0 Å². The first-order valence-electron chi connectivity index (χ1n) is 5.91. The van der Waals surface area contributed by atoms with Gasteiger partial charge in [0.05, 0.1) is 0 Å². The van der Waals surface area contributed by atoms with Gasteiger partial charge in [0.25, 0.3) is 0 Å². The van der Waals surface area contributed by atoms with E-state index in [9.17, 15) is 0 Å². The molecule has 1 saturated carbocycles. The van der Waals surface area contributed by atoms with Crippen molar-refractivity contribution in [2.24, 2.45) is 11.7 Å². The van der Waals surface area contributed by atoms with Gasteiger partial charge in [0.15, 0.2) is 0 Å². The fraction of sp³-hybridized carbons (Fsp3) is 0.571. The van der Waals surface area contributed by atoms with Gasteiger partial charge >= 0.3 is 0 Å². The molecule has 1 aromatic rings. The van der Waals surface area contributed by atoms with Crippen molar-refractivity contribution in [2.45, 2.75) is 39.0 Å². The van der Waals surface area contributed by atoms with Crippen molar-refractivity contribution in [3.05, 3.63) is 34.9 Å². The molecule has 0 spiro atoms. The lowest BCUT2D eigenvalue weighted by Gasteiger charge is -2.17. The lowest BCUT2D eigenvalue weighted by Crippen LogP contribution is -2.22. The minimum Gasteiger partial charge on any atom is -0.330 e. The zero-order valence-electron chi connectivity index (χ0n) is 10.0. The quantitative estimate of drug-likeness (QED) is 0.803. The second kappa shape index (κ2) is 3.64. The van der Waals surface area contributed by atoms with E-state index in [1.54, 1.807) is 0 Å². The van der Waals surface area contributed by atoms with Crippen LogP contribution in [0.3, 0.4) is 0 Å². The van der Waals surface area contributed by atoms with Crippen LogP contribution in [-0.2, 0) is 5.41 Å². The van der Waals surface area contributed by atoms with E-state index in [4.69, 9.17) is 5.73 Å². The molecule has 0 radical (unpaired) electrons. The lowest BCUT2D eigenvalue weighted by atomic mass is 9.90. The van der Waals surface area contributed by atoms with E-state index in [-0.39, 0.29) is 0 Å². The molecule has 1 fully saturated rings. The highest BCUT2D eigenvalue weighted by Gasteiger charge is 2.52. The lowest BCUT2D eigenvalue weighted by molar-refractivity contribution is 0.599. The maximum atomic E-state index is 5.97. The molecule has 2 unspecified atom stereocenters. The largest absolute Gasteiger partial charge is 0.330 e. The number of hydrogen-bond acceptors (Lipinski definition) is 1. The maximum Gasteiger partial charge on any atom is 0.0107 e. The predicted molar refractivity (Wildman–Crippen MR) is 65.0 cm³/mol. The molecule has 0 aliphatic heterocycles. The minimum atomic E-state index is 0.311. The third kappa shape index (κ3) is 1.69. The van der Waals surface area contributed by atoms with E-state index in [2.05, 4.69) is 39.0 Å². The molecule has 2 rings (SSSR count). The van der Waals surface area contributed by atoms with Gasteiger partial charge in [0, 0.05) is 12.0 Å². The predicted octanol–water partition coefficient (Wildman–Crippen LogP) is 2.93. The van der Waals surface area contributed by atoms with Crippen LogP contribution in [0.1, 0.15) is 36.5 Å². The summed E-state index contributed by atoms with van der Waals surface area (Å²) >= 11 is 0. The molecular weight excluding hydrogens is 182 g/mol. The Hall–Kier alpha value is -0.820. The topological polar surface area (TPSA) is 26.0 Å². The minimum absolute atomic E-state index is 0.311. The van der Waals surface area contributed by atoms with E-state index in [0.29, 0.717) is 5.41 Å². The summed E-state index contributed by atoms with van der Waals surface area (Å²) in [6.07, 6.45) is 2.53. The van der Waals surface area contributed by atoms with Crippen molar-refractivity contribution < 1.29 is 0 Å². The third-order valence-corrected chi connectivity index (χ3v) is 3.89. The van der Waals surface area contributed by atoms with Crippen LogP contribution in [0.15, 0.2) is 18.2 Å². The van der Waals surface area contributed by atoms with Crippen LogP contribution in [-0.4, -0.2) is 6.54 Å². The van der Waals surface area contributed by atoms with E-state index in [1.807, 2.05) is 0 Å². The summed E-state index contributed by atoms with van der Waals surface area (Å²) in [5.74, 6) is 0.809. The van der Waals surface area contributed by atoms with Crippen molar-refractivity contribution in [3.8, 4) is 0 Å². The molecule has 0 heterocycles. The summed E-state index contributed by atoms with van der Waals surface area (Å²) in [5, 5.41) is 0. The number of benzene rings is 1. The van der Waals surface area contributed by atoms with Crippen LogP contribution in [0, 0.1) is 19.8 Å². The van der Waals surface area contributed by atoms with Crippen molar-refractivity contribution in [3.63, 3.8) is 0 Å². The fourth-order valence-corrected chi connectivity index (χ4v) is 2.90. The fourth-order valence-electron chi connectivity index (χ4n) is 2.90. The van der Waals surface area contributed by atoms with Crippen LogP contribution in [0.5, 0.6) is 0 Å². The summed E-state index contributed by atoms with van der Waals surface area (Å²) in [5.41, 5.74) is 10.5. The Morgan fingerprint density at radius 1 is 1.27 bits per heavy atom. The molecule has 1 aliphatic rings.